The molecule has 0 saturated heterocycles. The Morgan fingerprint density at radius 3 is 2.60 bits per heavy atom. The van der Waals surface area contributed by atoms with Crippen molar-refractivity contribution in [2.45, 2.75) is 44.9 Å². The van der Waals surface area contributed by atoms with Crippen molar-refractivity contribution in [3.8, 4) is 0 Å². The average Bonchev–Trinajstić information content (AvgIpc) is 2.51. The minimum atomic E-state index is 0.246. The summed E-state index contributed by atoms with van der Waals surface area (Å²) in [4.78, 5) is 0. The van der Waals surface area contributed by atoms with Gasteiger partial charge in [0.2, 0.25) is 0 Å². The van der Waals surface area contributed by atoms with Gasteiger partial charge in [0, 0.05) is 29.6 Å². The molecule has 0 aliphatic heterocycles. The highest BCUT2D eigenvalue weighted by molar-refractivity contribution is 7.98. The molecule has 0 aliphatic carbocycles. The Morgan fingerprint density at radius 1 is 1.53 bits per heavy atom. The number of aromatic nitrogens is 2. The van der Waals surface area contributed by atoms with E-state index in [-0.39, 0.29) is 4.75 Å². The second kappa shape index (κ2) is 5.03. The molecule has 1 N–H and O–H groups in total. The monoisotopic (exact) mass is 227 g/mol. The smallest absolute Gasteiger partial charge is 0.0537 e. The van der Waals surface area contributed by atoms with Gasteiger partial charge in [-0.15, -0.1) is 0 Å². The Morgan fingerprint density at radius 2 is 2.20 bits per heavy atom. The quantitative estimate of drug-likeness (QED) is 0.802. The van der Waals surface area contributed by atoms with Crippen LogP contribution in [0, 0.1) is 0 Å². The fraction of sp³-hybridized carbons (Fsp3) is 0.727. The van der Waals surface area contributed by atoms with Gasteiger partial charge in [-0.2, -0.15) is 5.10 Å². The predicted octanol–water partition coefficient (Wildman–Crippen LogP) is 2.91. The molecule has 4 heteroatoms. The van der Waals surface area contributed by atoms with Crippen molar-refractivity contribution < 1.29 is 0 Å². The molecule has 1 unspecified atom stereocenters. The zero-order chi connectivity index (χ0) is 11.5. The molecule has 15 heavy (non-hydrogen) atoms. The fourth-order valence-electron chi connectivity index (χ4n) is 1.26. The summed E-state index contributed by atoms with van der Waals surface area (Å²) in [6, 6.07) is 0.392. The minimum Gasteiger partial charge on any atom is -0.275 e. The Kier molecular flexibility index (Phi) is 4.22. The topological polar surface area (TPSA) is 29.9 Å². The Hall–Kier alpha value is -0.480. The first kappa shape index (κ1) is 12.6. The van der Waals surface area contributed by atoms with Gasteiger partial charge in [0.1, 0.15) is 0 Å². The van der Waals surface area contributed by atoms with E-state index in [1.165, 1.54) is 5.56 Å². The molecule has 3 nitrogen and oxygen atoms in total. The van der Waals surface area contributed by atoms with E-state index in [1.807, 2.05) is 17.9 Å². The fourth-order valence-corrected chi connectivity index (χ4v) is 2.05. The first-order valence-corrected chi connectivity index (χ1v) is 6.16. The Labute approximate surface area is 96.8 Å². The predicted molar refractivity (Wildman–Crippen MR) is 66.7 cm³/mol. The summed E-state index contributed by atoms with van der Waals surface area (Å²) in [6.07, 6.45) is 5.09. The Balaban J connectivity index is 2.57. The van der Waals surface area contributed by atoms with E-state index in [1.54, 1.807) is 11.9 Å². The van der Waals surface area contributed by atoms with Crippen molar-refractivity contribution in [1.82, 2.24) is 14.5 Å². The molecule has 0 saturated carbocycles. The van der Waals surface area contributed by atoms with E-state index in [4.69, 9.17) is 0 Å². The molecule has 0 spiro atoms. The second-order valence-electron chi connectivity index (χ2n) is 4.74. The summed E-state index contributed by atoms with van der Waals surface area (Å²) in [5.74, 6) is 0. The van der Waals surface area contributed by atoms with Crippen molar-refractivity contribution in [3.05, 3.63) is 18.0 Å². The molecule has 0 radical (unpaired) electrons. The normalized spacial score (nSPS) is 14.2. The maximum absolute atomic E-state index is 4.20. The van der Waals surface area contributed by atoms with Crippen LogP contribution in [0.1, 0.15) is 45.7 Å². The van der Waals surface area contributed by atoms with E-state index < -0.39 is 0 Å². The van der Waals surface area contributed by atoms with Gasteiger partial charge >= 0.3 is 0 Å². The highest BCUT2D eigenvalue weighted by Gasteiger charge is 2.16. The van der Waals surface area contributed by atoms with Crippen LogP contribution < -0.4 is 4.72 Å². The van der Waals surface area contributed by atoms with Gasteiger partial charge in [-0.3, -0.25) is 9.40 Å². The maximum Gasteiger partial charge on any atom is 0.0537 e. The summed E-state index contributed by atoms with van der Waals surface area (Å²) in [5, 5.41) is 4.20. The van der Waals surface area contributed by atoms with Crippen LogP contribution in [0.5, 0.6) is 0 Å². The molecular formula is C11H21N3S. The van der Waals surface area contributed by atoms with Crippen LogP contribution in [-0.2, 0) is 7.05 Å². The number of rotatable bonds is 4. The highest BCUT2D eigenvalue weighted by Crippen LogP contribution is 2.25. The van der Waals surface area contributed by atoms with E-state index >= 15 is 0 Å². The van der Waals surface area contributed by atoms with Crippen LogP contribution >= 0.6 is 11.9 Å². The number of nitrogens with zero attached hydrogens (tertiary/aromatic N) is 2. The first-order valence-electron chi connectivity index (χ1n) is 5.34. The van der Waals surface area contributed by atoms with Crippen molar-refractivity contribution in [3.63, 3.8) is 0 Å². The van der Waals surface area contributed by atoms with E-state index in [2.05, 4.69) is 43.7 Å². The third kappa shape index (κ3) is 4.26. The molecule has 1 aromatic rings. The van der Waals surface area contributed by atoms with E-state index in [9.17, 15) is 0 Å². The van der Waals surface area contributed by atoms with Gasteiger partial charge in [-0.1, -0.05) is 18.9 Å². The van der Waals surface area contributed by atoms with Crippen LogP contribution in [0.2, 0.25) is 0 Å². The van der Waals surface area contributed by atoms with Gasteiger partial charge in [0.05, 0.1) is 6.20 Å². The third-order valence-corrected chi connectivity index (χ3v) is 3.06. The molecule has 1 atom stereocenters. The summed E-state index contributed by atoms with van der Waals surface area (Å²) >= 11 is 1.78. The minimum absolute atomic E-state index is 0.246. The molecule has 1 rings (SSSR count). The zero-order valence-electron chi connectivity index (χ0n) is 10.2. The van der Waals surface area contributed by atoms with Crippen LogP contribution in [0.15, 0.2) is 12.4 Å². The lowest BCUT2D eigenvalue weighted by Crippen LogP contribution is -2.21. The number of hydrogen-bond donors (Lipinski definition) is 1. The summed E-state index contributed by atoms with van der Waals surface area (Å²) in [7, 11) is 1.95. The van der Waals surface area contributed by atoms with E-state index in [0.29, 0.717) is 6.04 Å². The van der Waals surface area contributed by atoms with Crippen LogP contribution in [0.3, 0.4) is 0 Å². The van der Waals surface area contributed by atoms with Crippen LogP contribution in [0.4, 0.5) is 0 Å². The van der Waals surface area contributed by atoms with Gasteiger partial charge in [-0.05, 0) is 27.2 Å². The molecule has 86 valence electrons. The number of hydrogen-bond acceptors (Lipinski definition) is 3. The average molecular weight is 227 g/mol. The standard InChI is InChI=1S/C11H21N3S/c1-6-10(13-15-11(2,3)4)9-7-12-14(5)8-9/h7-8,10,13H,6H2,1-5H3. The second-order valence-corrected chi connectivity index (χ2v) is 6.41. The molecule has 0 amide bonds. The SMILES string of the molecule is CCC(NSC(C)(C)C)c1cnn(C)c1. The van der Waals surface area contributed by atoms with Gasteiger partial charge < -0.3 is 0 Å². The summed E-state index contributed by atoms with van der Waals surface area (Å²) in [6.45, 7) is 8.82. The van der Waals surface area contributed by atoms with Crippen molar-refractivity contribution in [2.75, 3.05) is 0 Å². The van der Waals surface area contributed by atoms with Crippen LogP contribution in [0.25, 0.3) is 0 Å². The first-order chi connectivity index (χ1) is 6.92. The molecule has 0 fully saturated rings. The Bertz CT molecular complexity index is 301. The lowest BCUT2D eigenvalue weighted by atomic mass is 10.1. The number of aryl methyl sites for hydroxylation is 1. The summed E-state index contributed by atoms with van der Waals surface area (Å²) < 4.78 is 5.60. The summed E-state index contributed by atoms with van der Waals surface area (Å²) in [5.41, 5.74) is 1.26. The molecule has 1 heterocycles. The van der Waals surface area contributed by atoms with E-state index in [0.717, 1.165) is 6.42 Å². The third-order valence-electron chi connectivity index (χ3n) is 2.04. The maximum atomic E-state index is 4.20. The van der Waals surface area contributed by atoms with Gasteiger partial charge in [-0.25, -0.2) is 0 Å². The van der Waals surface area contributed by atoms with Crippen molar-refractivity contribution >= 4 is 11.9 Å². The lowest BCUT2D eigenvalue weighted by molar-refractivity contribution is 0.641. The lowest BCUT2D eigenvalue weighted by Gasteiger charge is -2.22. The largest absolute Gasteiger partial charge is 0.275 e. The number of nitrogens with one attached hydrogen (secondary N) is 1. The highest BCUT2D eigenvalue weighted by atomic mass is 32.2. The molecule has 0 aliphatic rings. The van der Waals surface area contributed by atoms with Gasteiger partial charge in [0.15, 0.2) is 0 Å². The molecule has 0 aromatic carbocycles. The molecule has 1 aromatic heterocycles. The van der Waals surface area contributed by atoms with Crippen LogP contribution in [-0.4, -0.2) is 14.5 Å². The van der Waals surface area contributed by atoms with Gasteiger partial charge in [0.25, 0.3) is 0 Å². The van der Waals surface area contributed by atoms with Crippen molar-refractivity contribution in [1.29, 1.82) is 0 Å². The zero-order valence-corrected chi connectivity index (χ0v) is 11.1. The molecule has 0 bridgehead atoms. The van der Waals surface area contributed by atoms with Crippen molar-refractivity contribution in [2.24, 2.45) is 7.05 Å². The molecular weight excluding hydrogens is 206 g/mol.